The Morgan fingerprint density at radius 2 is 2.08 bits per heavy atom. The topological polar surface area (TPSA) is 0 Å². The van der Waals surface area contributed by atoms with Gasteiger partial charge in [-0.2, -0.15) is 0 Å². The molecule has 1 saturated carbocycles. The Hall–Kier alpha value is 0. The Morgan fingerprint density at radius 1 is 1.38 bits per heavy atom. The molecule has 0 nitrogen and oxygen atoms in total. The Kier molecular flexibility index (Phi) is 3.82. The van der Waals surface area contributed by atoms with Crippen LogP contribution in [0.3, 0.4) is 0 Å². The highest BCUT2D eigenvalue weighted by molar-refractivity contribution is 4.91. The molecule has 0 aromatic carbocycles. The lowest BCUT2D eigenvalue weighted by atomic mass is 9.58. The second kappa shape index (κ2) is 4.48. The zero-order valence-electron chi connectivity index (χ0n) is 9.90. The van der Waals surface area contributed by atoms with Crippen LogP contribution in [0.15, 0.2) is 0 Å². The Morgan fingerprint density at radius 3 is 2.46 bits per heavy atom. The minimum atomic E-state index is 0.720. The summed E-state index contributed by atoms with van der Waals surface area (Å²) in [4.78, 5) is 0. The summed E-state index contributed by atoms with van der Waals surface area (Å²) in [5.74, 6) is 1.98. The van der Waals surface area contributed by atoms with Gasteiger partial charge in [-0.15, -0.1) is 0 Å². The van der Waals surface area contributed by atoms with Crippen molar-refractivity contribution in [2.45, 2.75) is 66.2 Å². The predicted octanol–water partition coefficient (Wildman–Crippen LogP) is 4.64. The van der Waals surface area contributed by atoms with E-state index in [1.165, 1.54) is 38.5 Å². The van der Waals surface area contributed by atoms with Crippen LogP contribution in [0, 0.1) is 17.3 Å². The summed E-state index contributed by atoms with van der Waals surface area (Å²) in [6, 6.07) is 0. The third kappa shape index (κ3) is 2.48. The minimum Gasteiger partial charge on any atom is -0.0651 e. The molecule has 0 heterocycles. The molecular weight excluding hydrogens is 156 g/mol. The molecule has 13 heavy (non-hydrogen) atoms. The molecule has 0 aromatic rings. The first kappa shape index (κ1) is 11.1. The molecule has 1 aliphatic rings. The molecule has 0 heteroatoms. The maximum Gasteiger partial charge on any atom is -0.0297 e. The van der Waals surface area contributed by atoms with Crippen LogP contribution < -0.4 is 0 Å². The second-order valence-electron chi connectivity index (χ2n) is 5.35. The molecule has 1 fully saturated rings. The summed E-state index contributed by atoms with van der Waals surface area (Å²) in [6.45, 7) is 9.56. The fourth-order valence-electron chi connectivity index (χ4n) is 2.65. The van der Waals surface area contributed by atoms with Crippen LogP contribution in [0.2, 0.25) is 0 Å². The van der Waals surface area contributed by atoms with Crippen molar-refractivity contribution in [2.75, 3.05) is 0 Å². The molecule has 1 rings (SSSR count). The number of rotatable bonds is 5. The standard InChI is InChI=1S/C13H26/c1-5-11(3)7-9-13(4)10-8-12(13)6-2/h11-12H,5-10H2,1-4H3. The van der Waals surface area contributed by atoms with E-state index in [0.29, 0.717) is 0 Å². The fraction of sp³-hybridized carbons (Fsp3) is 1.00. The highest BCUT2D eigenvalue weighted by Crippen LogP contribution is 2.51. The van der Waals surface area contributed by atoms with Gasteiger partial charge in [0, 0.05) is 0 Å². The summed E-state index contributed by atoms with van der Waals surface area (Å²) in [5.41, 5.74) is 0.720. The fourth-order valence-corrected chi connectivity index (χ4v) is 2.65. The van der Waals surface area contributed by atoms with Crippen molar-refractivity contribution in [3.05, 3.63) is 0 Å². The van der Waals surface area contributed by atoms with Crippen LogP contribution in [-0.4, -0.2) is 0 Å². The Bertz CT molecular complexity index is 148. The van der Waals surface area contributed by atoms with Crippen LogP contribution in [-0.2, 0) is 0 Å². The van der Waals surface area contributed by atoms with Gasteiger partial charge < -0.3 is 0 Å². The average Bonchev–Trinajstić information content (AvgIpc) is 2.12. The minimum absolute atomic E-state index is 0.720. The molecule has 0 bridgehead atoms. The SMILES string of the molecule is CCC(C)CCC1(C)CCC1CC. The highest BCUT2D eigenvalue weighted by Gasteiger charge is 2.40. The first-order valence-electron chi connectivity index (χ1n) is 6.12. The van der Waals surface area contributed by atoms with Gasteiger partial charge >= 0.3 is 0 Å². The lowest BCUT2D eigenvalue weighted by Crippen LogP contribution is -2.37. The lowest BCUT2D eigenvalue weighted by Gasteiger charge is -2.48. The lowest BCUT2D eigenvalue weighted by molar-refractivity contribution is 0.0314. The summed E-state index contributed by atoms with van der Waals surface area (Å²) >= 11 is 0. The quantitative estimate of drug-likeness (QED) is 0.581. The van der Waals surface area contributed by atoms with Crippen LogP contribution in [0.4, 0.5) is 0 Å². The molecule has 0 amide bonds. The molecule has 3 unspecified atom stereocenters. The van der Waals surface area contributed by atoms with Crippen molar-refractivity contribution in [1.82, 2.24) is 0 Å². The van der Waals surface area contributed by atoms with Crippen LogP contribution in [0.25, 0.3) is 0 Å². The van der Waals surface area contributed by atoms with Crippen molar-refractivity contribution < 1.29 is 0 Å². The van der Waals surface area contributed by atoms with E-state index in [1.807, 2.05) is 0 Å². The van der Waals surface area contributed by atoms with Gasteiger partial charge in [0.1, 0.15) is 0 Å². The van der Waals surface area contributed by atoms with Gasteiger partial charge in [0.2, 0.25) is 0 Å². The van der Waals surface area contributed by atoms with Gasteiger partial charge in [-0.1, -0.05) is 47.0 Å². The summed E-state index contributed by atoms with van der Waals surface area (Å²) in [5, 5.41) is 0. The first-order chi connectivity index (χ1) is 6.12. The Labute approximate surface area is 84.1 Å². The van der Waals surface area contributed by atoms with Gasteiger partial charge in [-0.05, 0) is 36.5 Å². The van der Waals surface area contributed by atoms with Crippen molar-refractivity contribution in [2.24, 2.45) is 17.3 Å². The third-order valence-electron chi connectivity index (χ3n) is 4.45. The van der Waals surface area contributed by atoms with Crippen LogP contribution in [0.5, 0.6) is 0 Å². The van der Waals surface area contributed by atoms with E-state index in [9.17, 15) is 0 Å². The average molecular weight is 182 g/mol. The van der Waals surface area contributed by atoms with E-state index in [4.69, 9.17) is 0 Å². The van der Waals surface area contributed by atoms with Crippen molar-refractivity contribution in [3.63, 3.8) is 0 Å². The van der Waals surface area contributed by atoms with Gasteiger partial charge in [-0.25, -0.2) is 0 Å². The van der Waals surface area contributed by atoms with E-state index in [2.05, 4.69) is 27.7 Å². The molecule has 0 spiro atoms. The molecule has 0 N–H and O–H groups in total. The zero-order valence-corrected chi connectivity index (χ0v) is 9.90. The largest absolute Gasteiger partial charge is 0.0651 e. The van der Waals surface area contributed by atoms with Crippen molar-refractivity contribution in [1.29, 1.82) is 0 Å². The van der Waals surface area contributed by atoms with Crippen LogP contribution >= 0.6 is 0 Å². The van der Waals surface area contributed by atoms with Gasteiger partial charge in [0.15, 0.2) is 0 Å². The smallest absolute Gasteiger partial charge is 0.0297 e. The maximum absolute atomic E-state index is 2.51. The molecule has 3 atom stereocenters. The Balaban J connectivity index is 2.27. The first-order valence-corrected chi connectivity index (χ1v) is 6.12. The van der Waals surface area contributed by atoms with Crippen LogP contribution in [0.1, 0.15) is 66.2 Å². The van der Waals surface area contributed by atoms with E-state index in [1.54, 1.807) is 0 Å². The van der Waals surface area contributed by atoms with Crippen molar-refractivity contribution >= 4 is 0 Å². The molecule has 0 aliphatic heterocycles. The normalized spacial score (nSPS) is 35.5. The zero-order chi connectivity index (χ0) is 9.90. The summed E-state index contributed by atoms with van der Waals surface area (Å²) < 4.78 is 0. The molecule has 78 valence electrons. The maximum atomic E-state index is 2.51. The summed E-state index contributed by atoms with van der Waals surface area (Å²) in [6.07, 6.45) is 8.66. The predicted molar refractivity (Wildman–Crippen MR) is 59.8 cm³/mol. The van der Waals surface area contributed by atoms with E-state index >= 15 is 0 Å². The van der Waals surface area contributed by atoms with E-state index < -0.39 is 0 Å². The third-order valence-corrected chi connectivity index (χ3v) is 4.45. The van der Waals surface area contributed by atoms with Gasteiger partial charge in [0.25, 0.3) is 0 Å². The number of hydrogen-bond acceptors (Lipinski definition) is 0. The molecule has 0 radical (unpaired) electrons. The van der Waals surface area contributed by atoms with E-state index in [-0.39, 0.29) is 0 Å². The molecular formula is C13H26. The monoisotopic (exact) mass is 182 g/mol. The molecule has 1 aliphatic carbocycles. The molecule has 0 saturated heterocycles. The highest BCUT2D eigenvalue weighted by atomic mass is 14.5. The second-order valence-corrected chi connectivity index (χ2v) is 5.35. The van der Waals surface area contributed by atoms with Gasteiger partial charge in [-0.3, -0.25) is 0 Å². The number of hydrogen-bond donors (Lipinski definition) is 0. The molecule has 0 aromatic heterocycles. The summed E-state index contributed by atoms with van der Waals surface area (Å²) in [7, 11) is 0. The van der Waals surface area contributed by atoms with Crippen molar-refractivity contribution in [3.8, 4) is 0 Å². The van der Waals surface area contributed by atoms with E-state index in [0.717, 1.165) is 17.3 Å². The van der Waals surface area contributed by atoms with Gasteiger partial charge in [0.05, 0.1) is 0 Å².